The number of hydrogen-bond donors (Lipinski definition) is 2. The van der Waals surface area contributed by atoms with Gasteiger partial charge in [0.25, 0.3) is 0 Å². The molecule has 154 valence electrons. The normalized spacial score (nSPS) is 15.1. The summed E-state index contributed by atoms with van der Waals surface area (Å²) in [7, 11) is 0. The lowest BCUT2D eigenvalue weighted by atomic mass is 10.0. The maximum absolute atomic E-state index is 12.2. The van der Waals surface area contributed by atoms with Crippen LogP contribution in [0.15, 0.2) is 24.3 Å². The van der Waals surface area contributed by atoms with E-state index in [1.54, 1.807) is 11.8 Å². The Morgan fingerprint density at radius 1 is 1.21 bits per heavy atom. The van der Waals surface area contributed by atoms with Crippen LogP contribution in [0, 0.1) is 5.41 Å². The van der Waals surface area contributed by atoms with Crippen LogP contribution in [-0.4, -0.2) is 54.0 Å². The van der Waals surface area contributed by atoms with E-state index >= 15 is 0 Å². The Hall–Kier alpha value is -2.57. The number of para-hydroxylation sites is 1. The van der Waals surface area contributed by atoms with E-state index in [-0.39, 0.29) is 24.3 Å². The number of carbonyl (C=O) groups excluding carboxylic acids is 2. The van der Waals surface area contributed by atoms with Crippen molar-refractivity contribution in [3.05, 3.63) is 29.8 Å². The van der Waals surface area contributed by atoms with Gasteiger partial charge in [-0.15, -0.1) is 0 Å². The van der Waals surface area contributed by atoms with Crippen LogP contribution in [0.2, 0.25) is 0 Å². The predicted octanol–water partition coefficient (Wildman–Crippen LogP) is 3.82. The molecule has 0 aromatic heterocycles. The quantitative estimate of drug-likeness (QED) is 0.570. The van der Waals surface area contributed by atoms with Gasteiger partial charge in [-0.1, -0.05) is 18.2 Å². The molecule has 7 nitrogen and oxygen atoms in total. The fourth-order valence-electron chi connectivity index (χ4n) is 3.08. The van der Waals surface area contributed by atoms with Gasteiger partial charge in [-0.05, 0) is 46.6 Å². The summed E-state index contributed by atoms with van der Waals surface area (Å²) in [5, 5.41) is 11.7. The molecule has 1 aromatic rings. The highest BCUT2D eigenvalue weighted by Crippen LogP contribution is 2.22. The van der Waals surface area contributed by atoms with Crippen molar-refractivity contribution in [3.8, 4) is 0 Å². The van der Waals surface area contributed by atoms with Gasteiger partial charge in [0.2, 0.25) is 0 Å². The molecule has 1 aliphatic heterocycles. The first kappa shape index (κ1) is 21.7. The molecule has 0 saturated carbocycles. The molecule has 0 radical (unpaired) electrons. The molecule has 28 heavy (non-hydrogen) atoms. The second-order valence-electron chi connectivity index (χ2n) is 7.89. The zero-order valence-corrected chi connectivity index (χ0v) is 17.2. The predicted molar refractivity (Wildman–Crippen MR) is 109 cm³/mol. The van der Waals surface area contributed by atoms with Crippen molar-refractivity contribution in [2.75, 3.05) is 25.0 Å². The third-order valence-corrected chi connectivity index (χ3v) is 4.38. The largest absolute Gasteiger partial charge is 0.466 e. The maximum atomic E-state index is 12.2. The number of carbonyl (C=O) groups is 2. The third kappa shape index (κ3) is 6.55. The first-order valence-electron chi connectivity index (χ1n) is 9.76. The molecule has 0 unspecified atom stereocenters. The fraction of sp³-hybridized carbons (Fsp3) is 0.571. The Bertz CT molecular complexity index is 704. The van der Waals surface area contributed by atoms with Gasteiger partial charge in [0.1, 0.15) is 5.60 Å². The van der Waals surface area contributed by atoms with Crippen LogP contribution < -0.4 is 5.32 Å². The number of likely N-dealkylation sites (tertiary alicyclic amines) is 1. The minimum Gasteiger partial charge on any atom is -0.466 e. The number of amides is 1. The highest BCUT2D eigenvalue weighted by molar-refractivity contribution is 6.10. The van der Waals surface area contributed by atoms with E-state index in [0.29, 0.717) is 25.3 Å². The Kier molecular flexibility index (Phi) is 7.43. The molecular weight excluding hydrogens is 358 g/mol. The van der Waals surface area contributed by atoms with E-state index in [4.69, 9.17) is 14.9 Å². The zero-order valence-electron chi connectivity index (χ0n) is 17.2. The molecule has 1 amide bonds. The number of nitrogens with zero attached hydrogens (tertiary/aromatic N) is 1. The second kappa shape index (κ2) is 9.57. The van der Waals surface area contributed by atoms with Gasteiger partial charge in [0.05, 0.1) is 18.7 Å². The minimum absolute atomic E-state index is 0.0520. The van der Waals surface area contributed by atoms with Crippen molar-refractivity contribution in [2.45, 2.75) is 58.6 Å². The van der Waals surface area contributed by atoms with Gasteiger partial charge >= 0.3 is 12.1 Å². The Morgan fingerprint density at radius 2 is 1.86 bits per heavy atom. The van der Waals surface area contributed by atoms with Gasteiger partial charge in [0, 0.05) is 30.4 Å². The minimum atomic E-state index is -0.496. The van der Waals surface area contributed by atoms with Crippen LogP contribution in [0.1, 0.15) is 52.5 Å². The van der Waals surface area contributed by atoms with E-state index in [9.17, 15) is 9.59 Å². The molecule has 0 spiro atoms. The van der Waals surface area contributed by atoms with Crippen LogP contribution in [0.4, 0.5) is 10.5 Å². The molecule has 0 bridgehead atoms. The Morgan fingerprint density at radius 3 is 2.46 bits per heavy atom. The summed E-state index contributed by atoms with van der Waals surface area (Å²) in [5.41, 5.74) is 1.26. The summed E-state index contributed by atoms with van der Waals surface area (Å²) in [5.74, 6) is -0.395. The fourth-order valence-corrected chi connectivity index (χ4v) is 3.08. The van der Waals surface area contributed by atoms with E-state index < -0.39 is 11.6 Å². The maximum Gasteiger partial charge on any atom is 0.410 e. The van der Waals surface area contributed by atoms with Gasteiger partial charge in [-0.25, -0.2) is 4.79 Å². The van der Waals surface area contributed by atoms with Gasteiger partial charge < -0.3 is 25.1 Å². The number of esters is 1. The summed E-state index contributed by atoms with van der Waals surface area (Å²) in [6.45, 7) is 8.89. The average Bonchev–Trinajstić information content (AvgIpc) is 2.61. The molecule has 2 N–H and O–H groups in total. The molecule has 1 aliphatic rings. The highest BCUT2D eigenvalue weighted by atomic mass is 16.6. The summed E-state index contributed by atoms with van der Waals surface area (Å²) in [4.78, 5) is 25.6. The summed E-state index contributed by atoms with van der Waals surface area (Å²) >= 11 is 0. The van der Waals surface area contributed by atoms with Crippen LogP contribution in [0.5, 0.6) is 0 Å². The van der Waals surface area contributed by atoms with Crippen molar-refractivity contribution >= 4 is 23.5 Å². The van der Waals surface area contributed by atoms with Crippen LogP contribution in [0.3, 0.4) is 0 Å². The monoisotopic (exact) mass is 389 g/mol. The molecule has 7 heteroatoms. The lowest BCUT2D eigenvalue weighted by Gasteiger charge is -2.34. The van der Waals surface area contributed by atoms with Gasteiger partial charge in [-0.3, -0.25) is 4.79 Å². The first-order valence-corrected chi connectivity index (χ1v) is 9.76. The van der Waals surface area contributed by atoms with E-state index in [1.165, 1.54) is 0 Å². The lowest BCUT2D eigenvalue weighted by molar-refractivity contribution is -0.141. The molecule has 2 rings (SSSR count). The van der Waals surface area contributed by atoms with E-state index in [0.717, 1.165) is 18.5 Å². The van der Waals surface area contributed by atoms with Crippen LogP contribution in [0.25, 0.3) is 0 Å². The van der Waals surface area contributed by atoms with Crippen molar-refractivity contribution in [3.63, 3.8) is 0 Å². The highest BCUT2D eigenvalue weighted by Gasteiger charge is 2.27. The van der Waals surface area contributed by atoms with Gasteiger partial charge in [0.15, 0.2) is 0 Å². The number of benzene rings is 1. The number of ether oxygens (including phenoxy) is 2. The average molecular weight is 389 g/mol. The number of nitrogens with one attached hydrogen (secondary N) is 2. The van der Waals surface area contributed by atoms with Crippen molar-refractivity contribution in [1.82, 2.24) is 4.90 Å². The van der Waals surface area contributed by atoms with E-state index in [1.807, 2.05) is 45.0 Å². The molecule has 1 aromatic carbocycles. The van der Waals surface area contributed by atoms with Crippen LogP contribution >= 0.6 is 0 Å². The van der Waals surface area contributed by atoms with Gasteiger partial charge in [-0.2, -0.15) is 0 Å². The van der Waals surface area contributed by atoms with Crippen molar-refractivity contribution < 1.29 is 19.1 Å². The topological polar surface area (TPSA) is 91.7 Å². The third-order valence-electron chi connectivity index (χ3n) is 4.38. The van der Waals surface area contributed by atoms with E-state index in [2.05, 4.69) is 5.32 Å². The Labute approximate surface area is 166 Å². The smallest absolute Gasteiger partial charge is 0.410 e. The molecule has 1 heterocycles. The number of hydrogen-bond acceptors (Lipinski definition) is 6. The summed E-state index contributed by atoms with van der Waals surface area (Å²) in [6.07, 6.45) is 1.25. The molecular formula is C21H31N3O4. The van der Waals surface area contributed by atoms with Crippen molar-refractivity contribution in [1.29, 1.82) is 5.41 Å². The lowest BCUT2D eigenvalue weighted by Crippen LogP contribution is -2.44. The molecule has 0 aliphatic carbocycles. The van der Waals surface area contributed by atoms with Crippen molar-refractivity contribution in [2.24, 2.45) is 0 Å². The second-order valence-corrected chi connectivity index (χ2v) is 7.89. The Balaban J connectivity index is 1.94. The molecule has 1 fully saturated rings. The standard InChI is InChI=1S/C21H31N3O4/c1-5-27-19(25)14-17(22)16-8-6-7-9-18(16)23-15-10-12-24(13-11-15)20(26)28-21(2,3)4/h6-9,15,22-23H,5,10-14H2,1-4H3. The summed E-state index contributed by atoms with van der Waals surface area (Å²) in [6, 6.07) is 7.69. The first-order chi connectivity index (χ1) is 13.2. The number of piperidine rings is 1. The SMILES string of the molecule is CCOC(=O)CC(=N)c1ccccc1NC1CCN(C(=O)OC(C)(C)C)CC1. The zero-order chi connectivity index (χ0) is 20.7. The van der Waals surface area contributed by atoms with Crippen LogP contribution in [-0.2, 0) is 14.3 Å². The number of rotatable bonds is 6. The number of anilines is 1. The summed E-state index contributed by atoms with van der Waals surface area (Å²) < 4.78 is 10.4. The molecule has 1 saturated heterocycles. The molecule has 0 atom stereocenters.